The third kappa shape index (κ3) is 4.05. The Morgan fingerprint density at radius 2 is 2.00 bits per heavy atom. The van der Waals surface area contributed by atoms with Crippen molar-refractivity contribution in [1.82, 2.24) is 20.2 Å². The molecule has 1 aromatic heterocycles. The molecule has 1 aliphatic rings. The molecule has 0 saturated carbocycles. The molecule has 1 aliphatic heterocycles. The first-order valence-electron chi connectivity index (χ1n) is 9.92. The number of hydrogen-bond donors (Lipinski definition) is 3. The fraction of sp³-hybridized carbons (Fsp3) is 0.364. The maximum absolute atomic E-state index is 12.9. The lowest BCUT2D eigenvalue weighted by atomic mass is 10.1. The Kier molecular flexibility index (Phi) is 6.02. The first kappa shape index (κ1) is 21.1. The van der Waals surface area contributed by atoms with Gasteiger partial charge in [0.2, 0.25) is 5.91 Å². The van der Waals surface area contributed by atoms with Gasteiger partial charge in [-0.3, -0.25) is 9.69 Å². The zero-order valence-electron chi connectivity index (χ0n) is 16.9. The average Bonchev–Trinajstić information content (AvgIpc) is 3.29. The van der Waals surface area contributed by atoms with Crippen LogP contribution in [0.15, 0.2) is 30.3 Å². The van der Waals surface area contributed by atoms with E-state index in [0.717, 1.165) is 22.2 Å². The van der Waals surface area contributed by atoms with Crippen molar-refractivity contribution in [2.75, 3.05) is 6.54 Å². The predicted molar refractivity (Wildman–Crippen MR) is 119 cm³/mol. The minimum atomic E-state index is -0.744. The van der Waals surface area contributed by atoms with Crippen molar-refractivity contribution in [3.05, 3.63) is 62.9 Å². The molecule has 3 aromatic rings. The van der Waals surface area contributed by atoms with E-state index in [2.05, 4.69) is 15.3 Å². The molecule has 0 bridgehead atoms. The molecule has 158 valence electrons. The van der Waals surface area contributed by atoms with Gasteiger partial charge < -0.3 is 15.4 Å². The number of aryl methyl sites for hydroxylation is 2. The van der Waals surface area contributed by atoms with Crippen LogP contribution >= 0.6 is 23.2 Å². The Balaban J connectivity index is 1.47. The summed E-state index contributed by atoms with van der Waals surface area (Å²) in [6.45, 7) is 5.33. The second kappa shape index (κ2) is 8.55. The molecule has 0 unspecified atom stereocenters. The number of benzene rings is 2. The van der Waals surface area contributed by atoms with Crippen molar-refractivity contribution < 1.29 is 9.90 Å². The Morgan fingerprint density at radius 1 is 1.27 bits per heavy atom. The van der Waals surface area contributed by atoms with E-state index in [4.69, 9.17) is 23.2 Å². The standard InChI is InChI=1S/C22H24Cl2N4O2/c1-12-6-7-17-20(13(12)2)27-19(26-17)10-25-22(30)21-18(29)8-9-28(21)11-14-15(23)4-3-5-16(14)24/h3-7,18,21,29H,8-11H2,1-2H3,(H,25,30)(H,26,27)/t18-,21-/m0/s1. The van der Waals surface area contributed by atoms with Crippen LogP contribution in [-0.2, 0) is 17.9 Å². The van der Waals surface area contributed by atoms with Gasteiger partial charge in [0.05, 0.1) is 23.7 Å². The predicted octanol–water partition coefficient (Wildman–Crippen LogP) is 3.74. The van der Waals surface area contributed by atoms with Crippen LogP contribution < -0.4 is 5.32 Å². The van der Waals surface area contributed by atoms with E-state index in [-0.39, 0.29) is 12.5 Å². The summed E-state index contributed by atoms with van der Waals surface area (Å²) < 4.78 is 0. The Labute approximate surface area is 185 Å². The number of aliphatic hydroxyl groups is 1. The Hall–Kier alpha value is -2.12. The molecule has 0 radical (unpaired) electrons. The molecule has 3 N–H and O–H groups in total. The smallest absolute Gasteiger partial charge is 0.240 e. The molecular formula is C22H24Cl2N4O2. The van der Waals surface area contributed by atoms with Crippen molar-refractivity contribution in [2.24, 2.45) is 0 Å². The van der Waals surface area contributed by atoms with Gasteiger partial charge in [-0.1, -0.05) is 35.3 Å². The number of rotatable bonds is 5. The Morgan fingerprint density at radius 3 is 2.73 bits per heavy atom. The monoisotopic (exact) mass is 446 g/mol. The van der Waals surface area contributed by atoms with Gasteiger partial charge >= 0.3 is 0 Å². The van der Waals surface area contributed by atoms with Gasteiger partial charge in [0.15, 0.2) is 0 Å². The second-order valence-electron chi connectivity index (χ2n) is 7.78. The highest BCUT2D eigenvalue weighted by Gasteiger charge is 2.38. The summed E-state index contributed by atoms with van der Waals surface area (Å²) in [5.74, 6) is 0.441. The van der Waals surface area contributed by atoms with E-state index >= 15 is 0 Å². The van der Waals surface area contributed by atoms with Gasteiger partial charge in [-0.25, -0.2) is 4.98 Å². The van der Waals surface area contributed by atoms with Gasteiger partial charge in [-0.2, -0.15) is 0 Å². The average molecular weight is 447 g/mol. The molecular weight excluding hydrogens is 423 g/mol. The van der Waals surface area contributed by atoms with Crippen molar-refractivity contribution in [2.45, 2.75) is 45.5 Å². The van der Waals surface area contributed by atoms with Gasteiger partial charge in [0.1, 0.15) is 11.9 Å². The summed E-state index contributed by atoms with van der Waals surface area (Å²) in [6.07, 6.45) is -0.227. The van der Waals surface area contributed by atoms with E-state index in [1.807, 2.05) is 30.9 Å². The number of aromatic amines is 1. The number of carbonyl (C=O) groups excluding carboxylic acids is 1. The van der Waals surface area contributed by atoms with Crippen LogP contribution in [-0.4, -0.2) is 44.6 Å². The minimum absolute atomic E-state index is 0.239. The van der Waals surface area contributed by atoms with Crippen LogP contribution in [0.3, 0.4) is 0 Å². The number of likely N-dealkylation sites (tertiary alicyclic amines) is 1. The van der Waals surface area contributed by atoms with E-state index in [1.165, 1.54) is 5.56 Å². The lowest BCUT2D eigenvalue weighted by Gasteiger charge is -2.26. The number of nitrogens with zero attached hydrogens (tertiary/aromatic N) is 2. The number of amides is 1. The minimum Gasteiger partial charge on any atom is -0.391 e. The van der Waals surface area contributed by atoms with E-state index in [0.29, 0.717) is 35.4 Å². The second-order valence-corrected chi connectivity index (χ2v) is 8.59. The van der Waals surface area contributed by atoms with Crippen molar-refractivity contribution in [3.63, 3.8) is 0 Å². The maximum Gasteiger partial charge on any atom is 0.240 e. The molecule has 6 nitrogen and oxygen atoms in total. The number of H-pyrrole nitrogens is 1. The van der Waals surface area contributed by atoms with Crippen molar-refractivity contribution in [1.29, 1.82) is 0 Å². The molecule has 2 aromatic carbocycles. The normalized spacial score (nSPS) is 19.5. The Bertz CT molecular complexity index is 1080. The first-order valence-corrected chi connectivity index (χ1v) is 10.7. The summed E-state index contributed by atoms with van der Waals surface area (Å²) in [5, 5.41) is 14.4. The van der Waals surface area contributed by atoms with Gasteiger partial charge in [0, 0.05) is 28.7 Å². The molecule has 0 aliphatic carbocycles. The highest BCUT2D eigenvalue weighted by atomic mass is 35.5. The molecule has 1 fully saturated rings. The van der Waals surface area contributed by atoms with Gasteiger partial charge in [-0.05, 0) is 49.6 Å². The van der Waals surface area contributed by atoms with Crippen LogP contribution in [0.5, 0.6) is 0 Å². The summed E-state index contributed by atoms with van der Waals surface area (Å²) >= 11 is 12.6. The van der Waals surface area contributed by atoms with Crippen LogP contribution in [0.25, 0.3) is 11.0 Å². The van der Waals surface area contributed by atoms with Gasteiger partial charge in [0.25, 0.3) is 0 Å². The molecule has 1 saturated heterocycles. The summed E-state index contributed by atoms with van der Waals surface area (Å²) in [4.78, 5) is 22.7. The van der Waals surface area contributed by atoms with E-state index in [9.17, 15) is 9.90 Å². The van der Waals surface area contributed by atoms with Crippen molar-refractivity contribution in [3.8, 4) is 0 Å². The first-order chi connectivity index (χ1) is 14.3. The number of hydrogen-bond acceptors (Lipinski definition) is 4. The molecule has 8 heteroatoms. The number of carbonyl (C=O) groups is 1. The number of aromatic nitrogens is 2. The topological polar surface area (TPSA) is 81.2 Å². The number of aliphatic hydroxyl groups excluding tert-OH is 1. The van der Waals surface area contributed by atoms with E-state index < -0.39 is 12.1 Å². The molecule has 2 heterocycles. The summed E-state index contributed by atoms with van der Waals surface area (Å²) in [6, 6.07) is 8.71. The van der Waals surface area contributed by atoms with Crippen LogP contribution in [0, 0.1) is 13.8 Å². The molecule has 4 rings (SSSR count). The highest BCUT2D eigenvalue weighted by Crippen LogP contribution is 2.29. The molecule has 1 amide bonds. The third-order valence-electron chi connectivity index (χ3n) is 5.82. The highest BCUT2D eigenvalue weighted by molar-refractivity contribution is 6.35. The van der Waals surface area contributed by atoms with Crippen LogP contribution in [0.1, 0.15) is 28.9 Å². The lowest BCUT2D eigenvalue weighted by molar-refractivity contribution is -0.128. The number of halogens is 2. The SMILES string of the molecule is Cc1ccc2[nH]c(CNC(=O)[C@@H]3[C@@H](O)CCN3Cc3c(Cl)cccc3Cl)nc2c1C. The maximum atomic E-state index is 12.9. The lowest BCUT2D eigenvalue weighted by Crippen LogP contribution is -2.47. The zero-order chi connectivity index (χ0) is 21.4. The fourth-order valence-corrected chi connectivity index (χ4v) is 4.48. The molecule has 30 heavy (non-hydrogen) atoms. The largest absolute Gasteiger partial charge is 0.391 e. The molecule has 2 atom stereocenters. The molecule has 0 spiro atoms. The summed E-state index contributed by atoms with van der Waals surface area (Å²) in [7, 11) is 0. The van der Waals surface area contributed by atoms with Crippen LogP contribution in [0.2, 0.25) is 10.0 Å². The quantitative estimate of drug-likeness (QED) is 0.557. The number of fused-ring (bicyclic) bond motifs is 1. The zero-order valence-corrected chi connectivity index (χ0v) is 18.4. The van der Waals surface area contributed by atoms with Crippen LogP contribution in [0.4, 0.5) is 0 Å². The number of nitrogens with one attached hydrogen (secondary N) is 2. The summed E-state index contributed by atoms with van der Waals surface area (Å²) in [5.41, 5.74) is 4.91. The third-order valence-corrected chi connectivity index (χ3v) is 6.53. The van der Waals surface area contributed by atoms with Crippen molar-refractivity contribution >= 4 is 40.1 Å². The fourth-order valence-electron chi connectivity index (χ4n) is 3.97. The van der Waals surface area contributed by atoms with E-state index in [1.54, 1.807) is 18.2 Å². The number of imidazole rings is 1. The van der Waals surface area contributed by atoms with Gasteiger partial charge in [-0.15, -0.1) is 0 Å².